The van der Waals surface area contributed by atoms with Gasteiger partial charge in [-0.25, -0.2) is 9.97 Å². The van der Waals surface area contributed by atoms with E-state index < -0.39 is 6.04 Å². The highest BCUT2D eigenvalue weighted by molar-refractivity contribution is 7.13. The van der Waals surface area contributed by atoms with Crippen molar-refractivity contribution in [2.24, 2.45) is 0 Å². The number of anilines is 1. The highest BCUT2D eigenvalue weighted by atomic mass is 32.1. The van der Waals surface area contributed by atoms with Gasteiger partial charge in [0.15, 0.2) is 5.13 Å². The smallest absolute Gasteiger partial charge is 0.273 e. The summed E-state index contributed by atoms with van der Waals surface area (Å²) in [5, 5.41) is 6.01. The average Bonchev–Trinajstić information content (AvgIpc) is 3.38. The van der Waals surface area contributed by atoms with Gasteiger partial charge in [0.25, 0.3) is 5.91 Å². The molecule has 0 radical (unpaired) electrons. The number of thiazole rings is 1. The standard InChI is InChI=1S/C19H18N4O3S/c1-26-13-5-7-14-12(11-13)4-6-15(21-14)18(25)23-9-2-3-16(23)17(24)22-19-20-8-10-27-19/h4-8,10-11,16H,2-3,9H2,1H3,(H,20,22,24). The fourth-order valence-electron chi connectivity index (χ4n) is 3.25. The Bertz CT molecular complexity index is 990. The first kappa shape index (κ1) is 17.4. The first-order chi connectivity index (χ1) is 13.2. The number of pyridine rings is 1. The minimum Gasteiger partial charge on any atom is -0.497 e. The number of likely N-dealkylation sites (tertiary alicyclic amines) is 1. The monoisotopic (exact) mass is 382 g/mol. The summed E-state index contributed by atoms with van der Waals surface area (Å²) in [7, 11) is 1.61. The Morgan fingerprint density at radius 1 is 1.30 bits per heavy atom. The zero-order chi connectivity index (χ0) is 18.8. The zero-order valence-electron chi connectivity index (χ0n) is 14.7. The third-order valence-electron chi connectivity index (χ3n) is 4.59. The molecule has 3 aromatic rings. The number of fused-ring (bicyclic) bond motifs is 1. The Morgan fingerprint density at radius 3 is 2.96 bits per heavy atom. The van der Waals surface area contributed by atoms with E-state index in [9.17, 15) is 9.59 Å². The van der Waals surface area contributed by atoms with Crippen molar-refractivity contribution in [3.63, 3.8) is 0 Å². The third-order valence-corrected chi connectivity index (χ3v) is 5.28. The lowest BCUT2D eigenvalue weighted by Crippen LogP contribution is -2.43. The maximum Gasteiger partial charge on any atom is 0.273 e. The summed E-state index contributed by atoms with van der Waals surface area (Å²) < 4.78 is 5.21. The van der Waals surface area contributed by atoms with Gasteiger partial charge >= 0.3 is 0 Å². The van der Waals surface area contributed by atoms with Crippen molar-refractivity contribution < 1.29 is 14.3 Å². The van der Waals surface area contributed by atoms with Gasteiger partial charge in [-0.05, 0) is 37.1 Å². The molecule has 1 unspecified atom stereocenters. The molecular formula is C19H18N4O3S. The second kappa shape index (κ2) is 7.32. The molecule has 1 atom stereocenters. The van der Waals surface area contributed by atoms with Crippen LogP contribution in [0.2, 0.25) is 0 Å². The van der Waals surface area contributed by atoms with E-state index in [0.29, 0.717) is 29.3 Å². The second-order valence-electron chi connectivity index (χ2n) is 6.24. The Hall–Kier alpha value is -3.00. The van der Waals surface area contributed by atoms with Crippen LogP contribution in [0.4, 0.5) is 5.13 Å². The van der Waals surface area contributed by atoms with Crippen LogP contribution in [0.25, 0.3) is 10.9 Å². The van der Waals surface area contributed by atoms with Crippen LogP contribution in [-0.2, 0) is 4.79 Å². The molecule has 0 aliphatic carbocycles. The highest BCUT2D eigenvalue weighted by Crippen LogP contribution is 2.24. The number of carbonyl (C=O) groups excluding carboxylic acids is 2. The molecule has 2 amide bonds. The number of carbonyl (C=O) groups is 2. The Morgan fingerprint density at radius 2 is 2.19 bits per heavy atom. The topological polar surface area (TPSA) is 84.4 Å². The molecule has 27 heavy (non-hydrogen) atoms. The third kappa shape index (κ3) is 3.48. The molecule has 1 fully saturated rings. The first-order valence-electron chi connectivity index (χ1n) is 8.62. The minimum atomic E-state index is -0.505. The number of rotatable bonds is 4. The molecule has 4 rings (SSSR count). The van der Waals surface area contributed by atoms with Gasteiger partial charge in [0.05, 0.1) is 12.6 Å². The molecule has 1 N–H and O–H groups in total. The predicted molar refractivity (Wildman–Crippen MR) is 103 cm³/mol. The number of hydrogen-bond acceptors (Lipinski definition) is 6. The van der Waals surface area contributed by atoms with Crippen LogP contribution in [0, 0.1) is 0 Å². The molecule has 7 nitrogen and oxygen atoms in total. The molecule has 1 aliphatic rings. The number of methoxy groups -OCH3 is 1. The Kier molecular flexibility index (Phi) is 4.72. The fourth-order valence-corrected chi connectivity index (χ4v) is 3.78. The van der Waals surface area contributed by atoms with Crippen LogP contribution in [0.5, 0.6) is 5.75 Å². The molecular weight excluding hydrogens is 364 g/mol. The lowest BCUT2D eigenvalue weighted by Gasteiger charge is -2.23. The van der Waals surface area contributed by atoms with E-state index >= 15 is 0 Å². The first-order valence-corrected chi connectivity index (χ1v) is 9.50. The van der Waals surface area contributed by atoms with Crippen LogP contribution < -0.4 is 10.1 Å². The maximum absolute atomic E-state index is 13.0. The van der Waals surface area contributed by atoms with Crippen molar-refractivity contribution in [3.05, 3.63) is 47.6 Å². The maximum atomic E-state index is 13.0. The summed E-state index contributed by atoms with van der Waals surface area (Å²) in [5.41, 5.74) is 1.05. The van der Waals surface area contributed by atoms with Gasteiger partial charge in [-0.2, -0.15) is 0 Å². The van der Waals surface area contributed by atoms with E-state index in [2.05, 4.69) is 15.3 Å². The molecule has 3 heterocycles. The van der Waals surface area contributed by atoms with Gasteiger partial charge in [0, 0.05) is 23.5 Å². The minimum absolute atomic E-state index is 0.207. The quantitative estimate of drug-likeness (QED) is 0.750. The SMILES string of the molecule is COc1ccc2nc(C(=O)N3CCCC3C(=O)Nc3nccs3)ccc2c1. The van der Waals surface area contributed by atoms with Crippen LogP contribution in [0.1, 0.15) is 23.3 Å². The molecule has 1 aliphatic heterocycles. The molecule has 0 spiro atoms. The van der Waals surface area contributed by atoms with E-state index in [-0.39, 0.29) is 11.8 Å². The van der Waals surface area contributed by atoms with Gasteiger partial charge in [0.1, 0.15) is 17.5 Å². The Labute approximate surface area is 160 Å². The summed E-state index contributed by atoms with van der Waals surface area (Å²) in [6.07, 6.45) is 3.05. The molecule has 138 valence electrons. The van der Waals surface area contributed by atoms with Crippen molar-refractivity contribution in [2.75, 3.05) is 19.0 Å². The van der Waals surface area contributed by atoms with Crippen LogP contribution >= 0.6 is 11.3 Å². The lowest BCUT2D eigenvalue weighted by atomic mass is 10.1. The summed E-state index contributed by atoms with van der Waals surface area (Å²) in [6.45, 7) is 0.539. The lowest BCUT2D eigenvalue weighted by molar-refractivity contribution is -0.119. The van der Waals surface area contributed by atoms with Crippen LogP contribution in [0.15, 0.2) is 41.9 Å². The van der Waals surface area contributed by atoms with Crippen molar-refractivity contribution in [2.45, 2.75) is 18.9 Å². The highest BCUT2D eigenvalue weighted by Gasteiger charge is 2.35. The van der Waals surface area contributed by atoms with E-state index in [1.165, 1.54) is 11.3 Å². The Balaban J connectivity index is 1.55. The van der Waals surface area contributed by atoms with Crippen LogP contribution in [-0.4, -0.2) is 46.4 Å². The van der Waals surface area contributed by atoms with Gasteiger partial charge in [-0.1, -0.05) is 6.07 Å². The van der Waals surface area contributed by atoms with E-state index in [0.717, 1.165) is 17.6 Å². The van der Waals surface area contributed by atoms with Crippen molar-refractivity contribution in [1.82, 2.24) is 14.9 Å². The van der Waals surface area contributed by atoms with E-state index in [1.807, 2.05) is 24.3 Å². The molecule has 1 aromatic carbocycles. The number of benzene rings is 1. The van der Waals surface area contributed by atoms with Gasteiger partial charge in [0.2, 0.25) is 5.91 Å². The van der Waals surface area contributed by atoms with Gasteiger partial charge in [-0.3, -0.25) is 9.59 Å². The van der Waals surface area contributed by atoms with Crippen molar-refractivity contribution in [3.8, 4) is 5.75 Å². The molecule has 0 bridgehead atoms. The fraction of sp³-hybridized carbons (Fsp3) is 0.263. The summed E-state index contributed by atoms with van der Waals surface area (Å²) in [4.78, 5) is 35.7. The molecule has 1 saturated heterocycles. The number of ether oxygens (including phenoxy) is 1. The number of nitrogens with zero attached hydrogens (tertiary/aromatic N) is 3. The molecule has 2 aromatic heterocycles. The molecule has 0 saturated carbocycles. The molecule has 8 heteroatoms. The van der Waals surface area contributed by atoms with Crippen LogP contribution in [0.3, 0.4) is 0 Å². The van der Waals surface area contributed by atoms with Gasteiger partial charge in [-0.15, -0.1) is 11.3 Å². The predicted octanol–water partition coefficient (Wildman–Crippen LogP) is 2.94. The average molecular weight is 382 g/mol. The number of aromatic nitrogens is 2. The second-order valence-corrected chi connectivity index (χ2v) is 7.13. The van der Waals surface area contributed by atoms with Crippen molar-refractivity contribution in [1.29, 1.82) is 0 Å². The summed E-state index contributed by atoms with van der Waals surface area (Å²) in [5.74, 6) is 0.299. The van der Waals surface area contributed by atoms with E-state index in [4.69, 9.17) is 4.74 Å². The van der Waals surface area contributed by atoms with Crippen molar-refractivity contribution >= 4 is 39.2 Å². The number of hydrogen-bond donors (Lipinski definition) is 1. The largest absolute Gasteiger partial charge is 0.497 e. The summed E-state index contributed by atoms with van der Waals surface area (Å²) in [6, 6.07) is 8.54. The zero-order valence-corrected chi connectivity index (χ0v) is 15.5. The van der Waals surface area contributed by atoms with E-state index in [1.54, 1.807) is 29.7 Å². The normalized spacial score (nSPS) is 16.5. The summed E-state index contributed by atoms with van der Waals surface area (Å²) >= 11 is 1.35. The number of amides is 2. The van der Waals surface area contributed by atoms with Gasteiger partial charge < -0.3 is 15.0 Å². The number of nitrogens with one attached hydrogen (secondary N) is 1.